The standard InChI is InChI=1S/C14H19BrN2O/c1-14(2,3)9-4-5-12(11(15)6-9)17-8-10(16)7-13(17)18/h4-6,10H,7-8,16H2,1-3H3. The Labute approximate surface area is 116 Å². The van der Waals surface area contributed by atoms with Gasteiger partial charge in [0.05, 0.1) is 5.69 Å². The maximum Gasteiger partial charge on any atom is 0.228 e. The highest BCUT2D eigenvalue weighted by molar-refractivity contribution is 9.10. The van der Waals surface area contributed by atoms with Crippen molar-refractivity contribution in [1.29, 1.82) is 0 Å². The van der Waals surface area contributed by atoms with Crippen LogP contribution in [0, 0.1) is 0 Å². The third-order valence-electron chi connectivity index (χ3n) is 3.26. The maximum absolute atomic E-state index is 11.8. The minimum Gasteiger partial charge on any atom is -0.326 e. The van der Waals surface area contributed by atoms with E-state index in [0.29, 0.717) is 13.0 Å². The second-order valence-corrected chi connectivity index (χ2v) is 6.74. The number of amides is 1. The molecule has 1 aliphatic heterocycles. The lowest BCUT2D eigenvalue weighted by atomic mass is 9.87. The summed E-state index contributed by atoms with van der Waals surface area (Å²) in [6, 6.07) is 6.12. The lowest BCUT2D eigenvalue weighted by molar-refractivity contribution is -0.117. The van der Waals surface area contributed by atoms with Crippen LogP contribution >= 0.6 is 15.9 Å². The van der Waals surface area contributed by atoms with Crippen LogP contribution in [-0.4, -0.2) is 18.5 Å². The van der Waals surface area contributed by atoms with Crippen LogP contribution in [0.2, 0.25) is 0 Å². The Morgan fingerprint density at radius 3 is 2.50 bits per heavy atom. The number of nitrogens with two attached hydrogens (primary N) is 1. The summed E-state index contributed by atoms with van der Waals surface area (Å²) in [5.41, 5.74) is 8.09. The second kappa shape index (κ2) is 4.67. The Hall–Kier alpha value is -0.870. The van der Waals surface area contributed by atoms with Crippen LogP contribution in [0.3, 0.4) is 0 Å². The summed E-state index contributed by atoms with van der Waals surface area (Å²) < 4.78 is 0.956. The van der Waals surface area contributed by atoms with Crippen LogP contribution in [0.25, 0.3) is 0 Å². The minimum atomic E-state index is -0.0494. The first-order valence-electron chi connectivity index (χ1n) is 6.15. The van der Waals surface area contributed by atoms with Gasteiger partial charge in [0.25, 0.3) is 0 Å². The van der Waals surface area contributed by atoms with Gasteiger partial charge in [0.15, 0.2) is 0 Å². The molecule has 1 amide bonds. The molecule has 1 aromatic carbocycles. The van der Waals surface area contributed by atoms with Gasteiger partial charge in [0.2, 0.25) is 5.91 Å². The van der Waals surface area contributed by atoms with Gasteiger partial charge in [-0.15, -0.1) is 0 Å². The number of halogens is 1. The quantitative estimate of drug-likeness (QED) is 0.867. The summed E-state index contributed by atoms with van der Waals surface area (Å²) >= 11 is 3.56. The third-order valence-corrected chi connectivity index (χ3v) is 3.89. The summed E-state index contributed by atoms with van der Waals surface area (Å²) in [4.78, 5) is 13.6. The van der Waals surface area contributed by atoms with E-state index in [9.17, 15) is 4.79 Å². The molecule has 0 bridgehead atoms. The SMILES string of the molecule is CC(C)(C)c1ccc(N2CC(N)CC2=O)c(Br)c1. The van der Waals surface area contributed by atoms with E-state index in [4.69, 9.17) is 5.73 Å². The summed E-state index contributed by atoms with van der Waals surface area (Å²) in [5, 5.41) is 0. The van der Waals surface area contributed by atoms with Crippen LogP contribution in [-0.2, 0) is 10.2 Å². The van der Waals surface area contributed by atoms with Crippen molar-refractivity contribution in [3.63, 3.8) is 0 Å². The van der Waals surface area contributed by atoms with Gasteiger partial charge in [-0.05, 0) is 39.0 Å². The second-order valence-electron chi connectivity index (χ2n) is 5.88. The first-order valence-corrected chi connectivity index (χ1v) is 6.94. The van der Waals surface area contributed by atoms with E-state index in [-0.39, 0.29) is 17.4 Å². The van der Waals surface area contributed by atoms with Crippen molar-refractivity contribution in [2.24, 2.45) is 5.73 Å². The van der Waals surface area contributed by atoms with Gasteiger partial charge in [-0.1, -0.05) is 26.8 Å². The Morgan fingerprint density at radius 1 is 1.39 bits per heavy atom. The summed E-state index contributed by atoms with van der Waals surface area (Å²) in [6.07, 6.45) is 0.438. The first kappa shape index (κ1) is 13.6. The van der Waals surface area contributed by atoms with E-state index in [1.54, 1.807) is 4.90 Å². The predicted molar refractivity (Wildman–Crippen MR) is 77.8 cm³/mol. The first-order chi connectivity index (χ1) is 8.29. The van der Waals surface area contributed by atoms with Gasteiger partial charge in [-0.3, -0.25) is 4.79 Å². The van der Waals surface area contributed by atoms with E-state index in [1.165, 1.54) is 5.56 Å². The number of carbonyl (C=O) groups excluding carboxylic acids is 1. The van der Waals surface area contributed by atoms with Crippen LogP contribution in [0.5, 0.6) is 0 Å². The molecule has 1 fully saturated rings. The van der Waals surface area contributed by atoms with Gasteiger partial charge in [0, 0.05) is 23.5 Å². The largest absolute Gasteiger partial charge is 0.326 e. The number of nitrogens with zero attached hydrogens (tertiary/aromatic N) is 1. The summed E-state index contributed by atoms with van der Waals surface area (Å²) in [6.45, 7) is 7.12. The smallest absolute Gasteiger partial charge is 0.228 e. The van der Waals surface area contributed by atoms with Crippen molar-refractivity contribution in [2.45, 2.75) is 38.6 Å². The molecule has 2 N–H and O–H groups in total. The molecule has 0 radical (unpaired) electrons. The predicted octanol–water partition coefficient (Wildman–Crippen LogP) is 2.81. The van der Waals surface area contributed by atoms with Gasteiger partial charge >= 0.3 is 0 Å². The van der Waals surface area contributed by atoms with E-state index < -0.39 is 0 Å². The maximum atomic E-state index is 11.8. The van der Waals surface area contributed by atoms with Crippen LogP contribution in [0.4, 0.5) is 5.69 Å². The number of carbonyl (C=O) groups is 1. The molecule has 18 heavy (non-hydrogen) atoms. The van der Waals surface area contributed by atoms with Crippen molar-refractivity contribution in [3.05, 3.63) is 28.2 Å². The lowest BCUT2D eigenvalue weighted by Crippen LogP contribution is -2.28. The molecule has 2 rings (SSSR count). The van der Waals surface area contributed by atoms with Crippen LogP contribution in [0.15, 0.2) is 22.7 Å². The Kier molecular flexibility index (Phi) is 3.52. The molecular formula is C14H19BrN2O. The molecule has 4 heteroatoms. The summed E-state index contributed by atoms with van der Waals surface area (Å²) in [7, 11) is 0. The third kappa shape index (κ3) is 2.59. The molecule has 1 unspecified atom stereocenters. The van der Waals surface area contributed by atoms with Crippen molar-refractivity contribution in [3.8, 4) is 0 Å². The highest BCUT2D eigenvalue weighted by atomic mass is 79.9. The van der Waals surface area contributed by atoms with Crippen LogP contribution < -0.4 is 10.6 Å². The molecule has 0 aromatic heterocycles. The van der Waals surface area contributed by atoms with Crippen LogP contribution in [0.1, 0.15) is 32.8 Å². The van der Waals surface area contributed by atoms with E-state index in [0.717, 1.165) is 10.2 Å². The zero-order valence-corrected chi connectivity index (χ0v) is 12.6. The van der Waals surface area contributed by atoms with Gasteiger partial charge < -0.3 is 10.6 Å². The fourth-order valence-electron chi connectivity index (χ4n) is 2.16. The summed E-state index contributed by atoms with van der Waals surface area (Å²) in [5.74, 6) is 0.103. The lowest BCUT2D eigenvalue weighted by Gasteiger charge is -2.23. The molecular weight excluding hydrogens is 292 g/mol. The highest BCUT2D eigenvalue weighted by Gasteiger charge is 2.29. The van der Waals surface area contributed by atoms with Gasteiger partial charge in [-0.2, -0.15) is 0 Å². The Bertz CT molecular complexity index is 479. The average Bonchev–Trinajstić information content (AvgIpc) is 2.56. The fraction of sp³-hybridized carbons (Fsp3) is 0.500. The molecule has 1 aliphatic rings. The van der Waals surface area contributed by atoms with E-state index in [1.807, 2.05) is 6.07 Å². The normalized spacial score (nSPS) is 20.6. The number of anilines is 1. The molecule has 1 heterocycles. The molecule has 0 aliphatic carbocycles. The number of hydrogen-bond acceptors (Lipinski definition) is 2. The van der Waals surface area contributed by atoms with Crippen molar-refractivity contribution in [2.75, 3.05) is 11.4 Å². The van der Waals surface area contributed by atoms with Gasteiger partial charge in [0.1, 0.15) is 0 Å². The number of rotatable bonds is 1. The molecule has 1 saturated heterocycles. The number of benzene rings is 1. The minimum absolute atomic E-state index is 0.0494. The highest BCUT2D eigenvalue weighted by Crippen LogP contribution is 2.33. The molecule has 1 atom stereocenters. The molecule has 98 valence electrons. The molecule has 1 aromatic rings. The Balaban J connectivity index is 2.34. The van der Waals surface area contributed by atoms with Crippen molar-refractivity contribution >= 4 is 27.5 Å². The Morgan fingerprint density at radius 2 is 2.06 bits per heavy atom. The van der Waals surface area contributed by atoms with Crippen molar-refractivity contribution in [1.82, 2.24) is 0 Å². The van der Waals surface area contributed by atoms with Crippen molar-refractivity contribution < 1.29 is 4.79 Å². The molecule has 0 saturated carbocycles. The monoisotopic (exact) mass is 310 g/mol. The zero-order valence-electron chi connectivity index (χ0n) is 11.0. The molecule has 0 spiro atoms. The number of hydrogen-bond donors (Lipinski definition) is 1. The van der Waals surface area contributed by atoms with E-state index >= 15 is 0 Å². The molecule has 3 nitrogen and oxygen atoms in total. The van der Waals surface area contributed by atoms with E-state index in [2.05, 4.69) is 48.8 Å². The average molecular weight is 311 g/mol. The topological polar surface area (TPSA) is 46.3 Å². The van der Waals surface area contributed by atoms with Gasteiger partial charge in [-0.25, -0.2) is 0 Å². The zero-order chi connectivity index (χ0) is 13.5. The fourth-order valence-corrected chi connectivity index (χ4v) is 2.75.